The third kappa shape index (κ3) is 3.48. The van der Waals surface area contributed by atoms with Gasteiger partial charge in [0, 0.05) is 22.3 Å². The molecule has 3 atom stereocenters. The first-order valence-electron chi connectivity index (χ1n) is 6.41. The van der Waals surface area contributed by atoms with E-state index in [4.69, 9.17) is 0 Å². The fraction of sp³-hybridized carbons (Fsp3) is 0.500. The summed E-state index contributed by atoms with van der Waals surface area (Å²) < 4.78 is 0. The molecule has 1 aromatic rings. The van der Waals surface area contributed by atoms with Crippen molar-refractivity contribution in [3.8, 4) is 6.07 Å². The molecule has 0 radical (unpaired) electrons. The van der Waals surface area contributed by atoms with E-state index in [9.17, 15) is 15.4 Å². The smallest absolute Gasteiger partial charge is 0.258 e. The molecule has 0 spiro atoms. The van der Waals surface area contributed by atoms with Crippen LogP contribution in [-0.4, -0.2) is 10.2 Å². The van der Waals surface area contributed by atoms with Crippen LogP contribution in [0.25, 0.3) is 0 Å². The number of nitro groups is 1. The Balaban J connectivity index is 2.06. The highest BCUT2D eigenvalue weighted by atomic mass is 32.2. The Kier molecular flexibility index (Phi) is 4.43. The summed E-state index contributed by atoms with van der Waals surface area (Å²) in [4.78, 5) is 11.2. The van der Waals surface area contributed by atoms with Crippen molar-refractivity contribution >= 4 is 17.4 Å². The van der Waals surface area contributed by atoms with E-state index in [-0.39, 0.29) is 11.6 Å². The van der Waals surface area contributed by atoms with Gasteiger partial charge < -0.3 is 0 Å². The van der Waals surface area contributed by atoms with Gasteiger partial charge in [0.15, 0.2) is 0 Å². The van der Waals surface area contributed by atoms with Gasteiger partial charge in [-0.1, -0.05) is 6.92 Å². The van der Waals surface area contributed by atoms with Crippen LogP contribution in [0.15, 0.2) is 29.2 Å². The molecule has 1 aliphatic rings. The van der Waals surface area contributed by atoms with Crippen molar-refractivity contribution in [2.75, 3.05) is 0 Å². The number of benzene rings is 1. The molecule has 0 N–H and O–H groups in total. The molecule has 5 heteroatoms. The summed E-state index contributed by atoms with van der Waals surface area (Å²) in [6.07, 6.45) is 3.12. The summed E-state index contributed by atoms with van der Waals surface area (Å²) in [5.41, 5.74) is 0.109. The van der Waals surface area contributed by atoms with Crippen LogP contribution in [0, 0.1) is 33.3 Å². The molecule has 0 aliphatic heterocycles. The molecule has 4 nitrogen and oxygen atoms in total. The molecule has 1 aliphatic carbocycles. The third-order valence-electron chi connectivity index (χ3n) is 3.55. The second kappa shape index (κ2) is 6.07. The van der Waals surface area contributed by atoms with Crippen LogP contribution in [0.5, 0.6) is 0 Å². The maximum atomic E-state index is 10.6. The molecular formula is C14H16N2O2S. The average Bonchev–Trinajstić information content (AvgIpc) is 2.39. The number of thioether (sulfide) groups is 1. The fourth-order valence-electron chi connectivity index (χ4n) is 2.43. The standard InChI is InChI=1S/C14H16N2O2S/c1-10-2-3-11(9-15)14(8-10)19-13-6-4-12(5-7-13)16(17)18/h4-7,10-11,14H,2-3,8H2,1H3. The molecule has 3 unspecified atom stereocenters. The van der Waals surface area contributed by atoms with E-state index >= 15 is 0 Å². The van der Waals surface area contributed by atoms with Crippen LogP contribution < -0.4 is 0 Å². The Hall–Kier alpha value is -1.54. The lowest BCUT2D eigenvalue weighted by Gasteiger charge is -2.30. The molecule has 0 amide bonds. The summed E-state index contributed by atoms with van der Waals surface area (Å²) in [5.74, 6) is 0.747. The number of hydrogen-bond donors (Lipinski definition) is 0. The SMILES string of the molecule is CC1CCC(C#N)C(Sc2ccc([N+](=O)[O-])cc2)C1. The first-order chi connectivity index (χ1) is 9.10. The molecule has 1 fully saturated rings. The first-order valence-corrected chi connectivity index (χ1v) is 7.29. The average molecular weight is 276 g/mol. The summed E-state index contributed by atoms with van der Waals surface area (Å²) >= 11 is 1.68. The van der Waals surface area contributed by atoms with Crippen LogP contribution in [-0.2, 0) is 0 Å². The highest BCUT2D eigenvalue weighted by molar-refractivity contribution is 8.00. The zero-order chi connectivity index (χ0) is 13.8. The van der Waals surface area contributed by atoms with Gasteiger partial charge in [-0.15, -0.1) is 11.8 Å². The highest BCUT2D eigenvalue weighted by Crippen LogP contribution is 2.39. The molecule has 0 bridgehead atoms. The van der Waals surface area contributed by atoms with E-state index in [1.165, 1.54) is 12.1 Å². The van der Waals surface area contributed by atoms with Crippen molar-refractivity contribution in [3.63, 3.8) is 0 Å². The van der Waals surface area contributed by atoms with Crippen molar-refractivity contribution in [2.45, 2.75) is 36.3 Å². The summed E-state index contributed by atoms with van der Waals surface area (Å²) in [7, 11) is 0. The van der Waals surface area contributed by atoms with Gasteiger partial charge in [0.2, 0.25) is 0 Å². The summed E-state index contributed by atoms with van der Waals surface area (Å²) in [6, 6.07) is 8.99. The molecule has 0 saturated heterocycles. The van der Waals surface area contributed by atoms with E-state index < -0.39 is 4.92 Å². The zero-order valence-corrected chi connectivity index (χ0v) is 11.6. The first kappa shape index (κ1) is 13.9. The predicted octanol–water partition coefficient (Wildman–Crippen LogP) is 4.02. The van der Waals surface area contributed by atoms with Crippen molar-refractivity contribution in [2.24, 2.45) is 11.8 Å². The zero-order valence-electron chi connectivity index (χ0n) is 10.8. The maximum Gasteiger partial charge on any atom is 0.269 e. The number of nitriles is 1. The minimum Gasteiger partial charge on any atom is -0.258 e. The number of hydrogen-bond acceptors (Lipinski definition) is 4. The van der Waals surface area contributed by atoms with Gasteiger partial charge >= 0.3 is 0 Å². The Morgan fingerprint density at radius 2 is 2.05 bits per heavy atom. The Morgan fingerprint density at radius 1 is 1.37 bits per heavy atom. The molecule has 19 heavy (non-hydrogen) atoms. The van der Waals surface area contributed by atoms with Crippen LogP contribution in [0.1, 0.15) is 26.2 Å². The molecule has 1 aromatic carbocycles. The normalized spacial score (nSPS) is 26.6. The second-order valence-electron chi connectivity index (χ2n) is 5.06. The maximum absolute atomic E-state index is 10.6. The lowest BCUT2D eigenvalue weighted by atomic mass is 9.83. The lowest BCUT2D eigenvalue weighted by Crippen LogP contribution is -2.24. The number of non-ortho nitro benzene ring substituents is 1. The van der Waals surface area contributed by atoms with Crippen molar-refractivity contribution in [1.82, 2.24) is 0 Å². The predicted molar refractivity (Wildman–Crippen MR) is 74.9 cm³/mol. The van der Waals surface area contributed by atoms with Gasteiger partial charge in [0.05, 0.1) is 16.9 Å². The van der Waals surface area contributed by atoms with Gasteiger partial charge in [-0.25, -0.2) is 0 Å². The van der Waals surface area contributed by atoms with Crippen molar-refractivity contribution in [3.05, 3.63) is 34.4 Å². The molecule has 0 aromatic heterocycles. The molecular weight excluding hydrogens is 260 g/mol. The number of nitrogens with zero attached hydrogens (tertiary/aromatic N) is 2. The van der Waals surface area contributed by atoms with Gasteiger partial charge in [-0.05, 0) is 37.3 Å². The molecule has 2 rings (SSSR count). The topological polar surface area (TPSA) is 66.9 Å². The van der Waals surface area contributed by atoms with E-state index in [1.807, 2.05) is 0 Å². The third-order valence-corrected chi connectivity index (χ3v) is 4.92. The van der Waals surface area contributed by atoms with Gasteiger partial charge in [0.1, 0.15) is 0 Å². The number of rotatable bonds is 3. The molecule has 1 saturated carbocycles. The quantitative estimate of drug-likeness (QED) is 0.617. The van der Waals surface area contributed by atoms with Crippen LogP contribution >= 0.6 is 11.8 Å². The van der Waals surface area contributed by atoms with Crippen molar-refractivity contribution < 1.29 is 4.92 Å². The summed E-state index contributed by atoms with van der Waals surface area (Å²) in [5, 5.41) is 20.1. The molecule has 100 valence electrons. The van der Waals surface area contributed by atoms with E-state index in [0.717, 1.165) is 24.2 Å². The number of nitro benzene ring substituents is 1. The van der Waals surface area contributed by atoms with Gasteiger partial charge in [0.25, 0.3) is 5.69 Å². The fourth-order valence-corrected chi connectivity index (χ4v) is 3.86. The van der Waals surface area contributed by atoms with E-state index in [2.05, 4.69) is 13.0 Å². The lowest BCUT2D eigenvalue weighted by molar-refractivity contribution is -0.384. The van der Waals surface area contributed by atoms with Gasteiger partial charge in [-0.3, -0.25) is 10.1 Å². The highest BCUT2D eigenvalue weighted by Gasteiger charge is 2.29. The van der Waals surface area contributed by atoms with E-state index in [1.54, 1.807) is 23.9 Å². The van der Waals surface area contributed by atoms with Crippen LogP contribution in [0.2, 0.25) is 0 Å². The second-order valence-corrected chi connectivity index (χ2v) is 6.37. The molecule has 0 heterocycles. The summed E-state index contributed by atoms with van der Waals surface area (Å²) in [6.45, 7) is 2.22. The minimum atomic E-state index is -0.394. The van der Waals surface area contributed by atoms with Gasteiger partial charge in [-0.2, -0.15) is 5.26 Å². The Bertz CT molecular complexity index is 495. The minimum absolute atomic E-state index is 0.0939. The largest absolute Gasteiger partial charge is 0.269 e. The monoisotopic (exact) mass is 276 g/mol. The Labute approximate surface area is 117 Å². The van der Waals surface area contributed by atoms with Crippen molar-refractivity contribution in [1.29, 1.82) is 5.26 Å². The van der Waals surface area contributed by atoms with Crippen LogP contribution in [0.4, 0.5) is 5.69 Å². The van der Waals surface area contributed by atoms with Crippen LogP contribution in [0.3, 0.4) is 0 Å². The van der Waals surface area contributed by atoms with E-state index in [0.29, 0.717) is 11.2 Å². The Morgan fingerprint density at radius 3 is 2.63 bits per heavy atom.